The molecule has 1 aromatic heterocycles. The Morgan fingerprint density at radius 3 is 2.86 bits per heavy atom. The van der Waals surface area contributed by atoms with E-state index < -0.39 is 0 Å². The number of aromatic nitrogens is 1. The number of hydrogen-bond donors (Lipinski definition) is 2. The lowest BCUT2D eigenvalue weighted by atomic mass is 10.3. The van der Waals surface area contributed by atoms with Gasteiger partial charge in [0.25, 0.3) is 0 Å². The third-order valence-electron chi connectivity index (χ3n) is 1.72. The lowest BCUT2D eigenvalue weighted by Crippen LogP contribution is -2.03. The molecule has 14 heavy (non-hydrogen) atoms. The molecule has 4 heteroatoms. The van der Waals surface area contributed by atoms with Crippen molar-refractivity contribution in [2.45, 2.75) is 13.8 Å². The van der Waals surface area contributed by atoms with Crippen LogP contribution in [0.5, 0.6) is 0 Å². The maximum atomic E-state index is 5.76. The molecule has 76 valence electrons. The highest BCUT2D eigenvalue weighted by Crippen LogP contribution is 2.26. The molecule has 0 unspecified atom stereocenters. The molecule has 1 rings (SSSR count). The topological polar surface area (TPSA) is 50.9 Å². The Balaban J connectivity index is 2.71. The molecule has 0 aliphatic carbocycles. The predicted molar refractivity (Wildman–Crippen MR) is 64.3 cm³/mol. The molecule has 0 saturated carbocycles. The van der Waals surface area contributed by atoms with Crippen molar-refractivity contribution in [2.24, 2.45) is 0 Å². The first-order valence-corrected chi connectivity index (χ1v) is 5.16. The Bertz CT molecular complexity index is 323. The van der Waals surface area contributed by atoms with E-state index in [9.17, 15) is 0 Å². The van der Waals surface area contributed by atoms with E-state index in [4.69, 9.17) is 5.73 Å². The first kappa shape index (κ1) is 11.0. The number of anilines is 2. The van der Waals surface area contributed by atoms with E-state index >= 15 is 0 Å². The molecule has 0 aromatic carbocycles. The van der Waals surface area contributed by atoms with Crippen molar-refractivity contribution in [1.29, 1.82) is 0 Å². The van der Waals surface area contributed by atoms with Crippen molar-refractivity contribution in [3.63, 3.8) is 0 Å². The minimum Gasteiger partial charge on any atom is -0.396 e. The lowest BCUT2D eigenvalue weighted by Gasteiger charge is -2.08. The summed E-state index contributed by atoms with van der Waals surface area (Å²) in [5.74, 6) is 0. The molecule has 3 nitrogen and oxygen atoms in total. The highest BCUT2D eigenvalue weighted by molar-refractivity contribution is 9.10. The zero-order chi connectivity index (χ0) is 10.6. The van der Waals surface area contributed by atoms with E-state index in [2.05, 4.69) is 46.2 Å². The van der Waals surface area contributed by atoms with Gasteiger partial charge in [-0.3, -0.25) is 4.98 Å². The summed E-state index contributed by atoms with van der Waals surface area (Å²) in [6.07, 6.45) is 5.46. The fourth-order valence-corrected chi connectivity index (χ4v) is 1.48. The Hall–Kier alpha value is -1.03. The molecule has 1 aromatic rings. The van der Waals surface area contributed by atoms with Crippen LogP contribution in [0.25, 0.3) is 0 Å². The molecule has 3 N–H and O–H groups in total. The Morgan fingerprint density at radius 1 is 1.57 bits per heavy atom. The Kier molecular flexibility index (Phi) is 3.95. The van der Waals surface area contributed by atoms with Crippen LogP contribution in [0.2, 0.25) is 0 Å². The summed E-state index contributed by atoms with van der Waals surface area (Å²) >= 11 is 3.39. The number of pyridine rings is 1. The number of nitrogen functional groups attached to an aromatic ring is 1. The number of halogens is 1. The number of hydrogen-bond acceptors (Lipinski definition) is 3. The van der Waals surface area contributed by atoms with E-state index in [1.807, 2.05) is 0 Å². The van der Waals surface area contributed by atoms with Crippen molar-refractivity contribution < 1.29 is 0 Å². The maximum absolute atomic E-state index is 5.76. The van der Waals surface area contributed by atoms with Crippen LogP contribution in [0.15, 0.2) is 28.5 Å². The molecule has 0 bridgehead atoms. The van der Waals surface area contributed by atoms with Gasteiger partial charge in [-0.1, -0.05) is 11.6 Å². The number of nitrogens with two attached hydrogens (primary N) is 1. The van der Waals surface area contributed by atoms with Gasteiger partial charge in [-0.05, 0) is 29.8 Å². The number of rotatable bonds is 3. The largest absolute Gasteiger partial charge is 0.396 e. The predicted octanol–water partition coefficient (Wildman–Crippen LogP) is 2.80. The number of allylic oxidation sites excluding steroid dienone is 1. The zero-order valence-corrected chi connectivity index (χ0v) is 9.93. The molecule has 0 atom stereocenters. The smallest absolute Gasteiger partial charge is 0.0752 e. The molecular formula is C10H14BrN3. The van der Waals surface area contributed by atoms with Gasteiger partial charge in [0, 0.05) is 12.7 Å². The van der Waals surface area contributed by atoms with Crippen molar-refractivity contribution in [3.05, 3.63) is 28.5 Å². The summed E-state index contributed by atoms with van der Waals surface area (Å²) in [7, 11) is 0. The average molecular weight is 256 g/mol. The molecule has 0 spiro atoms. The minimum absolute atomic E-state index is 0.654. The fourth-order valence-electron chi connectivity index (χ4n) is 0.994. The molecule has 1 heterocycles. The van der Waals surface area contributed by atoms with Gasteiger partial charge in [-0.25, -0.2) is 0 Å². The molecule has 0 fully saturated rings. The van der Waals surface area contributed by atoms with E-state index in [1.165, 1.54) is 5.57 Å². The minimum atomic E-state index is 0.654. The Morgan fingerprint density at radius 2 is 2.29 bits per heavy atom. The van der Waals surface area contributed by atoms with Crippen LogP contribution in [0, 0.1) is 0 Å². The van der Waals surface area contributed by atoms with E-state index in [0.717, 1.165) is 16.7 Å². The van der Waals surface area contributed by atoms with Gasteiger partial charge in [0.15, 0.2) is 0 Å². The van der Waals surface area contributed by atoms with Gasteiger partial charge in [-0.2, -0.15) is 0 Å². The summed E-state index contributed by atoms with van der Waals surface area (Å²) in [6, 6.07) is 0. The summed E-state index contributed by atoms with van der Waals surface area (Å²) in [4.78, 5) is 3.96. The molecule has 0 radical (unpaired) electrons. The number of nitrogens with one attached hydrogen (secondary N) is 1. The first-order chi connectivity index (χ1) is 6.61. The Labute approximate surface area is 92.5 Å². The molecular weight excluding hydrogens is 242 g/mol. The van der Waals surface area contributed by atoms with Gasteiger partial charge in [0.2, 0.25) is 0 Å². The molecule has 0 aliphatic rings. The second kappa shape index (κ2) is 5.00. The van der Waals surface area contributed by atoms with Crippen molar-refractivity contribution >= 4 is 27.3 Å². The third kappa shape index (κ3) is 3.03. The van der Waals surface area contributed by atoms with Crippen LogP contribution in [-0.2, 0) is 0 Å². The van der Waals surface area contributed by atoms with Crippen LogP contribution < -0.4 is 11.1 Å². The second-order valence-electron chi connectivity index (χ2n) is 3.25. The van der Waals surface area contributed by atoms with Gasteiger partial charge in [0.1, 0.15) is 0 Å². The summed E-state index contributed by atoms with van der Waals surface area (Å²) in [6.45, 7) is 4.90. The van der Waals surface area contributed by atoms with Crippen LogP contribution in [0.1, 0.15) is 13.8 Å². The SMILES string of the molecule is CC(C)=CCNc1c(N)cncc1Br. The van der Waals surface area contributed by atoms with Gasteiger partial charge >= 0.3 is 0 Å². The van der Waals surface area contributed by atoms with Gasteiger partial charge < -0.3 is 11.1 Å². The average Bonchev–Trinajstić information content (AvgIpc) is 2.09. The van der Waals surface area contributed by atoms with Crippen molar-refractivity contribution in [1.82, 2.24) is 4.98 Å². The van der Waals surface area contributed by atoms with Crippen LogP contribution in [-0.4, -0.2) is 11.5 Å². The molecule has 0 amide bonds. The molecule has 0 saturated heterocycles. The monoisotopic (exact) mass is 255 g/mol. The zero-order valence-electron chi connectivity index (χ0n) is 8.34. The van der Waals surface area contributed by atoms with Crippen molar-refractivity contribution in [2.75, 3.05) is 17.6 Å². The lowest BCUT2D eigenvalue weighted by molar-refractivity contribution is 1.24. The van der Waals surface area contributed by atoms with Gasteiger partial charge in [0.05, 0.1) is 22.0 Å². The second-order valence-corrected chi connectivity index (χ2v) is 4.10. The van der Waals surface area contributed by atoms with Gasteiger partial charge in [-0.15, -0.1) is 0 Å². The highest BCUT2D eigenvalue weighted by atomic mass is 79.9. The normalized spacial score (nSPS) is 9.64. The first-order valence-electron chi connectivity index (χ1n) is 4.37. The summed E-state index contributed by atoms with van der Waals surface area (Å²) in [5, 5.41) is 3.22. The van der Waals surface area contributed by atoms with Crippen LogP contribution >= 0.6 is 15.9 Å². The van der Waals surface area contributed by atoms with E-state index in [-0.39, 0.29) is 0 Å². The van der Waals surface area contributed by atoms with E-state index in [1.54, 1.807) is 12.4 Å². The number of nitrogens with zero attached hydrogens (tertiary/aromatic N) is 1. The summed E-state index contributed by atoms with van der Waals surface area (Å²) < 4.78 is 0.889. The highest BCUT2D eigenvalue weighted by Gasteiger charge is 2.02. The standard InChI is InChI=1S/C10H14BrN3/c1-7(2)3-4-14-10-8(11)5-13-6-9(10)12/h3,5-6H,4,12H2,1-2H3,(H,13,14). The summed E-state index contributed by atoms with van der Waals surface area (Å²) in [5.41, 5.74) is 8.60. The fraction of sp³-hybridized carbons (Fsp3) is 0.300. The quantitative estimate of drug-likeness (QED) is 0.817. The maximum Gasteiger partial charge on any atom is 0.0752 e. The third-order valence-corrected chi connectivity index (χ3v) is 2.32. The van der Waals surface area contributed by atoms with Crippen molar-refractivity contribution in [3.8, 4) is 0 Å². The molecule has 0 aliphatic heterocycles. The van der Waals surface area contributed by atoms with E-state index in [0.29, 0.717) is 5.69 Å². The van der Waals surface area contributed by atoms with Crippen LogP contribution in [0.4, 0.5) is 11.4 Å². The van der Waals surface area contributed by atoms with Crippen LogP contribution in [0.3, 0.4) is 0 Å².